The van der Waals surface area contributed by atoms with Crippen LogP contribution in [0.2, 0.25) is 0 Å². The number of hydrogen-bond acceptors (Lipinski definition) is 4. The summed E-state index contributed by atoms with van der Waals surface area (Å²) >= 11 is 0. The van der Waals surface area contributed by atoms with Crippen molar-refractivity contribution in [2.45, 2.75) is 6.10 Å². The van der Waals surface area contributed by atoms with Crippen LogP contribution < -0.4 is 0 Å². The van der Waals surface area contributed by atoms with E-state index in [2.05, 4.69) is 26.2 Å². The van der Waals surface area contributed by atoms with Gasteiger partial charge in [0.15, 0.2) is 5.82 Å². The van der Waals surface area contributed by atoms with Crippen molar-refractivity contribution in [2.75, 3.05) is 19.7 Å². The van der Waals surface area contributed by atoms with Gasteiger partial charge < -0.3 is 14.6 Å². The lowest BCUT2D eigenvalue weighted by Gasteiger charge is -2.30. The van der Waals surface area contributed by atoms with Crippen molar-refractivity contribution in [1.29, 1.82) is 0 Å². The number of imidazole rings is 1. The van der Waals surface area contributed by atoms with Gasteiger partial charge in [0.2, 0.25) is 6.41 Å². The zero-order valence-corrected chi connectivity index (χ0v) is 14.0. The Morgan fingerprint density at radius 2 is 2.12 bits per heavy atom. The molecule has 7 nitrogen and oxygen atoms in total. The summed E-state index contributed by atoms with van der Waals surface area (Å²) in [6.07, 6.45) is 0.753. The van der Waals surface area contributed by atoms with Crippen LogP contribution in [-0.2, 0) is 9.53 Å². The fraction of sp³-hybridized carbons (Fsp3) is 0.211. The van der Waals surface area contributed by atoms with E-state index in [1.807, 2.05) is 36.4 Å². The largest absolute Gasteiger partial charge is 0.370 e. The van der Waals surface area contributed by atoms with Gasteiger partial charge in [-0.2, -0.15) is 5.10 Å². The third-order valence-corrected chi connectivity index (χ3v) is 4.82. The molecule has 1 saturated heterocycles. The molecule has 1 aliphatic heterocycles. The van der Waals surface area contributed by atoms with Gasteiger partial charge in [0, 0.05) is 11.9 Å². The first kappa shape index (κ1) is 15.1. The second-order valence-electron chi connectivity index (χ2n) is 6.44. The molecular weight excluding hydrogens is 330 g/mol. The van der Waals surface area contributed by atoms with Crippen LogP contribution in [0.4, 0.5) is 0 Å². The predicted octanol–water partition coefficient (Wildman–Crippen LogP) is 2.64. The number of amides is 1. The van der Waals surface area contributed by atoms with Crippen LogP contribution >= 0.6 is 0 Å². The Kier molecular flexibility index (Phi) is 3.46. The number of rotatable bonds is 3. The average Bonchev–Trinajstić information content (AvgIpc) is 3.31. The highest BCUT2D eigenvalue weighted by atomic mass is 16.5. The molecule has 0 saturated carbocycles. The van der Waals surface area contributed by atoms with E-state index >= 15 is 0 Å². The first-order valence-corrected chi connectivity index (χ1v) is 8.56. The number of nitrogens with one attached hydrogen (secondary N) is 2. The number of carbonyl (C=O) groups excluding carboxylic acids is 1. The van der Waals surface area contributed by atoms with E-state index in [-0.39, 0.29) is 6.10 Å². The van der Waals surface area contributed by atoms with Crippen LogP contribution in [0, 0.1) is 0 Å². The fourth-order valence-corrected chi connectivity index (χ4v) is 3.44. The second kappa shape index (κ2) is 5.96. The number of ether oxygens (including phenoxy) is 1. The van der Waals surface area contributed by atoms with E-state index in [0.29, 0.717) is 19.7 Å². The lowest BCUT2D eigenvalue weighted by Crippen LogP contribution is -2.37. The first-order chi connectivity index (χ1) is 12.8. The summed E-state index contributed by atoms with van der Waals surface area (Å²) in [6, 6.07) is 14.0. The molecule has 2 aromatic heterocycles. The standard InChI is InChI=1S/C19H17N5O2/c25-11-24-7-8-26-17(10-24)12-5-6-14-13(9-12)18(23-22-14)19-20-15-3-1-2-4-16(15)21-19/h1-6,9,11,17H,7-8,10H2,(H,20,21)(H,22,23). The fourth-order valence-electron chi connectivity index (χ4n) is 3.44. The minimum absolute atomic E-state index is 0.128. The molecule has 3 heterocycles. The van der Waals surface area contributed by atoms with Crippen molar-refractivity contribution in [3.8, 4) is 11.5 Å². The molecule has 7 heteroatoms. The molecule has 1 atom stereocenters. The van der Waals surface area contributed by atoms with Crippen molar-refractivity contribution in [3.05, 3.63) is 48.0 Å². The summed E-state index contributed by atoms with van der Waals surface area (Å²) in [5.74, 6) is 0.730. The molecule has 5 rings (SSSR count). The summed E-state index contributed by atoms with van der Waals surface area (Å²) in [5.41, 5.74) is 4.63. The van der Waals surface area contributed by atoms with Gasteiger partial charge in [0.25, 0.3) is 0 Å². The average molecular weight is 347 g/mol. The molecule has 2 aromatic carbocycles. The highest BCUT2D eigenvalue weighted by molar-refractivity contribution is 5.93. The smallest absolute Gasteiger partial charge is 0.209 e. The molecule has 0 bridgehead atoms. The number of fused-ring (bicyclic) bond motifs is 2. The number of para-hydroxylation sites is 2. The molecule has 0 spiro atoms. The molecule has 0 radical (unpaired) electrons. The second-order valence-corrected chi connectivity index (χ2v) is 6.44. The van der Waals surface area contributed by atoms with E-state index in [9.17, 15) is 4.79 Å². The molecule has 1 unspecified atom stereocenters. The highest BCUT2D eigenvalue weighted by Gasteiger charge is 2.22. The van der Waals surface area contributed by atoms with Gasteiger partial charge >= 0.3 is 0 Å². The minimum Gasteiger partial charge on any atom is -0.370 e. The molecule has 1 fully saturated rings. The van der Waals surface area contributed by atoms with E-state index in [4.69, 9.17) is 4.74 Å². The number of nitrogens with zero attached hydrogens (tertiary/aromatic N) is 3. The number of benzene rings is 2. The predicted molar refractivity (Wildman–Crippen MR) is 97.5 cm³/mol. The van der Waals surface area contributed by atoms with Gasteiger partial charge in [-0.05, 0) is 29.8 Å². The maximum Gasteiger partial charge on any atom is 0.209 e. The molecule has 1 amide bonds. The maximum atomic E-state index is 11.1. The van der Waals surface area contributed by atoms with Gasteiger partial charge in [-0.25, -0.2) is 4.98 Å². The normalized spacial score (nSPS) is 17.8. The summed E-state index contributed by atoms with van der Waals surface area (Å²) in [4.78, 5) is 20.8. The highest BCUT2D eigenvalue weighted by Crippen LogP contribution is 2.30. The zero-order chi connectivity index (χ0) is 17.5. The number of morpholine rings is 1. The number of aromatic amines is 2. The van der Waals surface area contributed by atoms with Crippen molar-refractivity contribution < 1.29 is 9.53 Å². The Morgan fingerprint density at radius 3 is 3.00 bits per heavy atom. The van der Waals surface area contributed by atoms with Gasteiger partial charge in [-0.3, -0.25) is 9.89 Å². The lowest BCUT2D eigenvalue weighted by molar-refractivity contribution is -0.125. The summed E-state index contributed by atoms with van der Waals surface area (Å²) in [6.45, 7) is 1.74. The summed E-state index contributed by atoms with van der Waals surface area (Å²) in [7, 11) is 0. The molecular formula is C19H17N5O2. The number of H-pyrrole nitrogens is 2. The van der Waals surface area contributed by atoms with Crippen LogP contribution in [0.3, 0.4) is 0 Å². The van der Waals surface area contributed by atoms with Crippen molar-refractivity contribution in [3.63, 3.8) is 0 Å². The van der Waals surface area contributed by atoms with E-state index in [1.54, 1.807) is 4.90 Å². The Labute approximate surface area is 149 Å². The summed E-state index contributed by atoms with van der Waals surface area (Å²) < 4.78 is 5.86. The Bertz CT molecular complexity index is 1070. The topological polar surface area (TPSA) is 86.9 Å². The zero-order valence-electron chi connectivity index (χ0n) is 14.0. The van der Waals surface area contributed by atoms with E-state index < -0.39 is 0 Å². The van der Waals surface area contributed by atoms with E-state index in [1.165, 1.54) is 0 Å². The molecule has 26 heavy (non-hydrogen) atoms. The van der Waals surface area contributed by atoms with Crippen molar-refractivity contribution in [2.24, 2.45) is 0 Å². The van der Waals surface area contributed by atoms with E-state index in [0.717, 1.165) is 45.4 Å². The quantitative estimate of drug-likeness (QED) is 0.558. The van der Waals surface area contributed by atoms with Gasteiger partial charge in [0.05, 0.1) is 29.7 Å². The lowest BCUT2D eigenvalue weighted by atomic mass is 10.0. The summed E-state index contributed by atoms with van der Waals surface area (Å²) in [5, 5.41) is 8.50. The van der Waals surface area contributed by atoms with Crippen LogP contribution in [-0.4, -0.2) is 51.2 Å². The van der Waals surface area contributed by atoms with Crippen LogP contribution in [0.5, 0.6) is 0 Å². The van der Waals surface area contributed by atoms with Crippen molar-refractivity contribution in [1.82, 2.24) is 25.1 Å². The van der Waals surface area contributed by atoms with Gasteiger partial charge in [-0.1, -0.05) is 18.2 Å². The van der Waals surface area contributed by atoms with Gasteiger partial charge in [0.1, 0.15) is 11.8 Å². The molecule has 2 N–H and O–H groups in total. The van der Waals surface area contributed by atoms with Gasteiger partial charge in [-0.15, -0.1) is 0 Å². The third kappa shape index (κ3) is 2.44. The van der Waals surface area contributed by atoms with Crippen LogP contribution in [0.25, 0.3) is 33.5 Å². The van der Waals surface area contributed by atoms with Crippen LogP contribution in [0.1, 0.15) is 11.7 Å². The Morgan fingerprint density at radius 1 is 1.19 bits per heavy atom. The molecule has 1 aliphatic rings. The molecule has 130 valence electrons. The minimum atomic E-state index is -0.128. The first-order valence-electron chi connectivity index (χ1n) is 8.56. The monoisotopic (exact) mass is 347 g/mol. The number of carbonyl (C=O) groups is 1. The number of aromatic nitrogens is 4. The van der Waals surface area contributed by atoms with Crippen LogP contribution in [0.15, 0.2) is 42.5 Å². The SMILES string of the molecule is O=CN1CCOC(c2ccc3[nH]nc(-c4nc5ccccc5[nH]4)c3c2)C1. The Balaban J connectivity index is 1.57. The maximum absolute atomic E-state index is 11.1. The Hall–Kier alpha value is -3.19. The molecule has 4 aromatic rings. The number of hydrogen-bond donors (Lipinski definition) is 2. The van der Waals surface area contributed by atoms with Crippen molar-refractivity contribution >= 4 is 28.3 Å². The molecule has 0 aliphatic carbocycles. The third-order valence-electron chi connectivity index (χ3n) is 4.82.